The number of carbonyl (C=O) groups excluding carboxylic acids is 2. The van der Waals surface area contributed by atoms with Crippen molar-refractivity contribution in [2.75, 3.05) is 20.6 Å². The quantitative estimate of drug-likeness (QED) is 0.695. The molecule has 0 saturated carbocycles. The molecule has 5 nitrogen and oxygen atoms in total. The molecule has 19 heavy (non-hydrogen) atoms. The van der Waals surface area contributed by atoms with Crippen molar-refractivity contribution in [2.24, 2.45) is 11.1 Å². The Kier molecular flexibility index (Phi) is 7.68. The van der Waals surface area contributed by atoms with Crippen LogP contribution in [0.3, 0.4) is 0 Å². The molecule has 0 aliphatic carbocycles. The number of hydrogen-bond acceptors (Lipinski definition) is 3. The van der Waals surface area contributed by atoms with E-state index < -0.39 is 11.5 Å². The smallest absolute Gasteiger partial charge is 0.244 e. The molecule has 0 rings (SSSR count). The van der Waals surface area contributed by atoms with Crippen LogP contribution >= 0.6 is 0 Å². The van der Waals surface area contributed by atoms with Gasteiger partial charge in [0.05, 0.1) is 5.41 Å². The molecule has 1 unspecified atom stereocenters. The van der Waals surface area contributed by atoms with Crippen molar-refractivity contribution in [3.63, 3.8) is 0 Å². The predicted molar refractivity (Wildman–Crippen MR) is 77.6 cm³/mol. The fourth-order valence-corrected chi connectivity index (χ4v) is 2.40. The van der Waals surface area contributed by atoms with Gasteiger partial charge < -0.3 is 16.0 Å². The molecule has 0 aromatic carbocycles. The minimum Gasteiger partial charge on any atom is -0.347 e. The highest BCUT2D eigenvalue weighted by molar-refractivity contribution is 5.89. The molecule has 0 aromatic heterocycles. The van der Waals surface area contributed by atoms with Crippen molar-refractivity contribution in [3.8, 4) is 0 Å². The molecule has 1 atom stereocenters. The Morgan fingerprint density at radius 3 is 2.00 bits per heavy atom. The monoisotopic (exact) mass is 271 g/mol. The summed E-state index contributed by atoms with van der Waals surface area (Å²) in [4.78, 5) is 25.7. The Balaban J connectivity index is 4.86. The van der Waals surface area contributed by atoms with Crippen molar-refractivity contribution in [3.05, 3.63) is 0 Å². The molecule has 0 aliphatic rings. The lowest BCUT2D eigenvalue weighted by atomic mass is 9.78. The third-order valence-corrected chi connectivity index (χ3v) is 3.49. The van der Waals surface area contributed by atoms with E-state index in [0.29, 0.717) is 6.54 Å². The summed E-state index contributed by atoms with van der Waals surface area (Å²) in [6, 6.07) is -0.512. The first kappa shape index (κ1) is 17.9. The van der Waals surface area contributed by atoms with E-state index in [9.17, 15) is 9.59 Å². The lowest BCUT2D eigenvalue weighted by Gasteiger charge is -2.32. The van der Waals surface area contributed by atoms with Crippen molar-refractivity contribution < 1.29 is 9.59 Å². The number of nitrogens with one attached hydrogen (secondary N) is 1. The third kappa shape index (κ3) is 4.82. The third-order valence-electron chi connectivity index (χ3n) is 3.49. The van der Waals surface area contributed by atoms with Crippen LogP contribution in [-0.4, -0.2) is 43.4 Å². The van der Waals surface area contributed by atoms with Crippen LogP contribution in [0.4, 0.5) is 0 Å². The van der Waals surface area contributed by atoms with Crippen LogP contribution in [0.2, 0.25) is 0 Å². The van der Waals surface area contributed by atoms with E-state index >= 15 is 0 Å². The number of hydrogen-bond donors (Lipinski definition) is 2. The van der Waals surface area contributed by atoms with E-state index in [1.807, 2.05) is 13.8 Å². The van der Waals surface area contributed by atoms with E-state index in [0.717, 1.165) is 25.7 Å². The zero-order valence-corrected chi connectivity index (χ0v) is 13.0. The summed E-state index contributed by atoms with van der Waals surface area (Å²) in [6.45, 7) is 6.12. The van der Waals surface area contributed by atoms with Gasteiger partial charge in [0, 0.05) is 20.6 Å². The second-order valence-electron chi connectivity index (χ2n) is 5.41. The first-order valence-electron chi connectivity index (χ1n) is 7.06. The molecule has 0 bridgehead atoms. The van der Waals surface area contributed by atoms with Gasteiger partial charge >= 0.3 is 0 Å². The van der Waals surface area contributed by atoms with Crippen LogP contribution < -0.4 is 11.1 Å². The highest BCUT2D eigenvalue weighted by Crippen LogP contribution is 2.29. The molecule has 0 aromatic rings. The highest BCUT2D eigenvalue weighted by atomic mass is 16.2. The van der Waals surface area contributed by atoms with E-state index in [2.05, 4.69) is 5.32 Å². The number of nitrogens with two attached hydrogens (primary N) is 1. The Labute approximate surface area is 116 Å². The first-order chi connectivity index (χ1) is 8.84. The molecular weight excluding hydrogens is 242 g/mol. The molecule has 0 heterocycles. The molecule has 2 amide bonds. The minimum atomic E-state index is -0.537. The second-order valence-corrected chi connectivity index (χ2v) is 5.41. The topological polar surface area (TPSA) is 75.4 Å². The van der Waals surface area contributed by atoms with Gasteiger partial charge in [-0.3, -0.25) is 9.59 Å². The van der Waals surface area contributed by atoms with Gasteiger partial charge in [-0.05, 0) is 19.8 Å². The molecule has 0 spiro atoms. The van der Waals surface area contributed by atoms with E-state index in [4.69, 9.17) is 5.73 Å². The van der Waals surface area contributed by atoms with Crippen LogP contribution in [0, 0.1) is 5.41 Å². The largest absolute Gasteiger partial charge is 0.347 e. The minimum absolute atomic E-state index is 0.0959. The predicted octanol–water partition coefficient (Wildman–Crippen LogP) is 1.12. The number of rotatable bonds is 8. The molecule has 0 fully saturated rings. The Hall–Kier alpha value is -1.10. The number of nitrogens with zero attached hydrogens (tertiary/aromatic N) is 1. The number of amides is 2. The lowest BCUT2D eigenvalue weighted by Crippen LogP contribution is -2.52. The first-order valence-corrected chi connectivity index (χ1v) is 7.06. The Morgan fingerprint density at radius 2 is 1.68 bits per heavy atom. The Morgan fingerprint density at radius 1 is 1.21 bits per heavy atom. The zero-order valence-electron chi connectivity index (χ0n) is 13.0. The fraction of sp³-hybridized carbons (Fsp3) is 0.857. The summed E-state index contributed by atoms with van der Waals surface area (Å²) >= 11 is 0. The van der Waals surface area contributed by atoms with E-state index in [1.54, 1.807) is 21.0 Å². The van der Waals surface area contributed by atoms with Crippen molar-refractivity contribution in [2.45, 2.75) is 52.5 Å². The van der Waals surface area contributed by atoms with Crippen LogP contribution in [0.1, 0.15) is 46.5 Å². The van der Waals surface area contributed by atoms with Gasteiger partial charge in [0.2, 0.25) is 11.8 Å². The summed E-state index contributed by atoms with van der Waals surface area (Å²) < 4.78 is 0. The van der Waals surface area contributed by atoms with E-state index in [1.165, 1.54) is 4.90 Å². The standard InChI is InChI=1S/C14H29N3O2/c1-6-8-14(10-15,9-7-2)13(19)16-11(3)12(18)17(4)5/h11H,6-10,15H2,1-5H3,(H,16,19). The van der Waals surface area contributed by atoms with Gasteiger partial charge in [-0.15, -0.1) is 0 Å². The molecule has 5 heteroatoms. The molecule has 3 N–H and O–H groups in total. The molecule has 0 aliphatic heterocycles. The Bertz CT molecular complexity index is 297. The van der Waals surface area contributed by atoms with Gasteiger partial charge in [-0.1, -0.05) is 26.7 Å². The average molecular weight is 271 g/mol. The van der Waals surface area contributed by atoms with E-state index in [-0.39, 0.29) is 11.8 Å². The summed E-state index contributed by atoms with van der Waals surface area (Å²) in [7, 11) is 3.36. The average Bonchev–Trinajstić information content (AvgIpc) is 2.36. The molecule has 112 valence electrons. The van der Waals surface area contributed by atoms with Gasteiger partial charge in [0.15, 0.2) is 0 Å². The molecule has 0 saturated heterocycles. The second kappa shape index (κ2) is 8.15. The number of likely N-dealkylation sites (N-methyl/N-ethyl adjacent to an activating group) is 1. The highest BCUT2D eigenvalue weighted by Gasteiger charge is 2.36. The van der Waals surface area contributed by atoms with Crippen molar-refractivity contribution >= 4 is 11.8 Å². The summed E-state index contributed by atoms with van der Waals surface area (Å²) in [5, 5.41) is 2.81. The van der Waals surface area contributed by atoms with Crippen LogP contribution in [0.25, 0.3) is 0 Å². The molecule has 0 radical (unpaired) electrons. The van der Waals surface area contributed by atoms with Crippen LogP contribution in [-0.2, 0) is 9.59 Å². The van der Waals surface area contributed by atoms with Crippen LogP contribution in [0.15, 0.2) is 0 Å². The van der Waals surface area contributed by atoms with Gasteiger partial charge in [-0.25, -0.2) is 0 Å². The SMILES string of the molecule is CCCC(CN)(CCC)C(=O)NC(C)C(=O)N(C)C. The van der Waals surface area contributed by atoms with Crippen LogP contribution in [0.5, 0.6) is 0 Å². The fourth-order valence-electron chi connectivity index (χ4n) is 2.40. The molecular formula is C14H29N3O2. The van der Waals surface area contributed by atoms with Gasteiger partial charge in [-0.2, -0.15) is 0 Å². The normalized spacial score (nSPS) is 12.9. The summed E-state index contributed by atoms with van der Waals surface area (Å²) in [5.74, 6) is -0.200. The maximum atomic E-state index is 12.5. The lowest BCUT2D eigenvalue weighted by molar-refractivity contribution is -0.138. The van der Waals surface area contributed by atoms with Gasteiger partial charge in [0.25, 0.3) is 0 Å². The van der Waals surface area contributed by atoms with Crippen molar-refractivity contribution in [1.82, 2.24) is 10.2 Å². The van der Waals surface area contributed by atoms with Crippen molar-refractivity contribution in [1.29, 1.82) is 0 Å². The number of carbonyl (C=O) groups is 2. The maximum Gasteiger partial charge on any atom is 0.244 e. The zero-order chi connectivity index (χ0) is 15.1. The summed E-state index contributed by atoms with van der Waals surface area (Å²) in [5.41, 5.74) is 5.30. The maximum absolute atomic E-state index is 12.5. The summed E-state index contributed by atoms with van der Waals surface area (Å²) in [6.07, 6.45) is 3.32. The van der Waals surface area contributed by atoms with Gasteiger partial charge in [0.1, 0.15) is 6.04 Å².